The number of likely N-dealkylation sites (tertiary alicyclic amines) is 1. The lowest BCUT2D eigenvalue weighted by Gasteiger charge is -2.22. The second-order valence-corrected chi connectivity index (χ2v) is 7.06. The van der Waals surface area contributed by atoms with Gasteiger partial charge in [0.15, 0.2) is 0 Å². The largest absolute Gasteiger partial charge is 0.383 e. The Bertz CT molecular complexity index is 442. The maximum absolute atomic E-state index is 11.7. The van der Waals surface area contributed by atoms with Crippen LogP contribution in [0, 0.1) is 0 Å². The topological polar surface area (TPSA) is 64.6 Å². The first-order chi connectivity index (χ1) is 10.6. The smallest absolute Gasteiger partial charge is 0.314 e. The summed E-state index contributed by atoms with van der Waals surface area (Å²) in [6.07, 6.45) is 4.76. The van der Waals surface area contributed by atoms with E-state index in [1.54, 1.807) is 6.92 Å². The number of aliphatic hydroxyl groups is 1. The van der Waals surface area contributed by atoms with E-state index in [1.165, 1.54) is 37.3 Å². The van der Waals surface area contributed by atoms with E-state index in [2.05, 4.69) is 15.5 Å². The Morgan fingerprint density at radius 3 is 2.82 bits per heavy atom. The van der Waals surface area contributed by atoms with Crippen LogP contribution in [0.25, 0.3) is 0 Å². The van der Waals surface area contributed by atoms with Gasteiger partial charge < -0.3 is 20.6 Å². The summed E-state index contributed by atoms with van der Waals surface area (Å²) in [6, 6.07) is 3.57. The van der Waals surface area contributed by atoms with Crippen LogP contribution in [0.3, 0.4) is 0 Å². The van der Waals surface area contributed by atoms with Crippen LogP contribution in [0.4, 0.5) is 4.79 Å². The highest BCUT2D eigenvalue weighted by Crippen LogP contribution is 2.24. The molecule has 0 radical (unpaired) electrons. The van der Waals surface area contributed by atoms with Crippen molar-refractivity contribution in [1.82, 2.24) is 15.5 Å². The number of nitrogens with zero attached hydrogens (tertiary/aromatic N) is 1. The second kappa shape index (κ2) is 8.50. The highest BCUT2D eigenvalue weighted by Gasteiger charge is 2.24. The van der Waals surface area contributed by atoms with Crippen LogP contribution in [0.1, 0.15) is 37.5 Å². The molecule has 1 unspecified atom stereocenters. The molecule has 6 heteroatoms. The number of hydrogen-bond acceptors (Lipinski definition) is 4. The average molecular weight is 325 g/mol. The zero-order valence-electron chi connectivity index (χ0n) is 13.3. The average Bonchev–Trinajstić information content (AvgIpc) is 3.18. The minimum absolute atomic E-state index is 0.210. The van der Waals surface area contributed by atoms with Gasteiger partial charge in [-0.1, -0.05) is 6.07 Å². The predicted molar refractivity (Wildman–Crippen MR) is 90.2 cm³/mol. The molecule has 0 bridgehead atoms. The van der Waals surface area contributed by atoms with Gasteiger partial charge in [-0.25, -0.2) is 4.79 Å². The van der Waals surface area contributed by atoms with Crippen molar-refractivity contribution in [3.05, 3.63) is 22.4 Å². The molecule has 124 valence electrons. The lowest BCUT2D eigenvalue weighted by molar-refractivity contribution is 0.0631. The van der Waals surface area contributed by atoms with Crippen LogP contribution in [0.2, 0.25) is 0 Å². The standard InChI is InChI=1S/C16H27N3O2S/c1-16(21,14-7-6-12-22-14)13-18-15(20)17-8-2-3-9-19-10-4-5-11-19/h6-7,12,21H,2-5,8-11,13H2,1H3,(H2,17,18,20). The summed E-state index contributed by atoms with van der Waals surface area (Å²) in [5.74, 6) is 0. The number of carbonyl (C=O) groups excluding carboxylic acids is 1. The Kier molecular flexibility index (Phi) is 6.67. The normalized spacial score (nSPS) is 18.1. The van der Waals surface area contributed by atoms with E-state index in [4.69, 9.17) is 0 Å². The zero-order chi connectivity index (χ0) is 15.8. The molecule has 0 aliphatic carbocycles. The molecule has 1 fully saturated rings. The van der Waals surface area contributed by atoms with Crippen LogP contribution in [0.5, 0.6) is 0 Å². The molecule has 5 nitrogen and oxygen atoms in total. The van der Waals surface area contributed by atoms with Crippen LogP contribution in [-0.4, -0.2) is 48.8 Å². The van der Waals surface area contributed by atoms with Gasteiger partial charge in [0.2, 0.25) is 0 Å². The lowest BCUT2D eigenvalue weighted by atomic mass is 10.1. The van der Waals surface area contributed by atoms with E-state index < -0.39 is 5.60 Å². The van der Waals surface area contributed by atoms with Crippen LogP contribution in [0.15, 0.2) is 17.5 Å². The molecule has 1 saturated heterocycles. The fourth-order valence-corrected chi connectivity index (χ4v) is 3.44. The number of hydrogen-bond donors (Lipinski definition) is 3. The number of rotatable bonds is 8. The highest BCUT2D eigenvalue weighted by molar-refractivity contribution is 7.10. The lowest BCUT2D eigenvalue weighted by Crippen LogP contribution is -2.43. The molecule has 1 aromatic heterocycles. The van der Waals surface area contributed by atoms with Gasteiger partial charge in [-0.2, -0.15) is 0 Å². The maximum atomic E-state index is 11.7. The van der Waals surface area contributed by atoms with Crippen molar-refractivity contribution >= 4 is 17.4 Å². The van der Waals surface area contributed by atoms with Crippen LogP contribution < -0.4 is 10.6 Å². The number of amides is 2. The summed E-state index contributed by atoms with van der Waals surface area (Å²) in [7, 11) is 0. The monoisotopic (exact) mass is 325 g/mol. The van der Waals surface area contributed by atoms with Crippen molar-refractivity contribution in [3.8, 4) is 0 Å². The van der Waals surface area contributed by atoms with Crippen LogP contribution in [-0.2, 0) is 5.60 Å². The summed E-state index contributed by atoms with van der Waals surface area (Å²) >= 11 is 1.49. The first kappa shape index (κ1) is 17.2. The van der Waals surface area contributed by atoms with Crippen LogP contribution >= 0.6 is 11.3 Å². The molecule has 2 rings (SSSR count). The van der Waals surface area contributed by atoms with Crippen molar-refractivity contribution in [2.24, 2.45) is 0 Å². The second-order valence-electron chi connectivity index (χ2n) is 6.12. The van der Waals surface area contributed by atoms with Gasteiger partial charge in [-0.15, -0.1) is 11.3 Å². The minimum atomic E-state index is -1.01. The summed E-state index contributed by atoms with van der Waals surface area (Å²) < 4.78 is 0. The van der Waals surface area contributed by atoms with Crippen molar-refractivity contribution in [3.63, 3.8) is 0 Å². The van der Waals surface area contributed by atoms with E-state index >= 15 is 0 Å². The third-order valence-corrected chi connectivity index (χ3v) is 5.15. The molecule has 0 spiro atoms. The van der Waals surface area contributed by atoms with E-state index in [-0.39, 0.29) is 12.6 Å². The van der Waals surface area contributed by atoms with E-state index in [0.29, 0.717) is 6.54 Å². The third kappa shape index (κ3) is 5.59. The number of nitrogens with one attached hydrogen (secondary N) is 2. The fourth-order valence-electron chi connectivity index (χ4n) is 2.66. The van der Waals surface area contributed by atoms with Gasteiger partial charge in [0.1, 0.15) is 5.60 Å². The third-order valence-electron chi connectivity index (χ3n) is 4.03. The predicted octanol–water partition coefficient (Wildman–Crippen LogP) is 2.13. The Hall–Kier alpha value is -1.11. The molecular weight excluding hydrogens is 298 g/mol. The summed E-state index contributed by atoms with van der Waals surface area (Å²) in [5, 5.41) is 17.8. The Morgan fingerprint density at radius 2 is 2.14 bits per heavy atom. The first-order valence-corrected chi connectivity index (χ1v) is 8.96. The van der Waals surface area contributed by atoms with E-state index in [1.807, 2.05) is 17.5 Å². The van der Waals surface area contributed by atoms with E-state index in [0.717, 1.165) is 24.3 Å². The van der Waals surface area contributed by atoms with Gasteiger partial charge in [0.05, 0.1) is 6.54 Å². The van der Waals surface area contributed by atoms with Gasteiger partial charge in [-0.05, 0) is 63.7 Å². The number of urea groups is 1. The SMILES string of the molecule is CC(O)(CNC(=O)NCCCCN1CCCC1)c1cccs1. The number of thiophene rings is 1. The summed E-state index contributed by atoms with van der Waals surface area (Å²) in [4.78, 5) is 15.1. The van der Waals surface area contributed by atoms with Crippen molar-refractivity contribution in [1.29, 1.82) is 0 Å². The molecular formula is C16H27N3O2S. The molecule has 1 atom stereocenters. The molecule has 1 aromatic rings. The number of unbranched alkanes of at least 4 members (excludes halogenated alkanes) is 1. The minimum Gasteiger partial charge on any atom is -0.383 e. The molecule has 1 aliphatic heterocycles. The van der Waals surface area contributed by atoms with E-state index in [9.17, 15) is 9.90 Å². The van der Waals surface area contributed by atoms with Gasteiger partial charge in [-0.3, -0.25) is 0 Å². The molecule has 1 aliphatic rings. The Labute approximate surface area is 136 Å². The first-order valence-electron chi connectivity index (χ1n) is 8.08. The summed E-state index contributed by atoms with van der Waals surface area (Å²) in [6.45, 7) is 6.21. The zero-order valence-corrected chi connectivity index (χ0v) is 14.1. The molecule has 3 N–H and O–H groups in total. The fraction of sp³-hybridized carbons (Fsp3) is 0.688. The molecule has 0 aromatic carbocycles. The molecule has 0 saturated carbocycles. The van der Waals surface area contributed by atoms with Gasteiger partial charge >= 0.3 is 6.03 Å². The molecule has 22 heavy (non-hydrogen) atoms. The Morgan fingerprint density at radius 1 is 1.36 bits per heavy atom. The van der Waals surface area contributed by atoms with Gasteiger partial charge in [0.25, 0.3) is 0 Å². The summed E-state index contributed by atoms with van der Waals surface area (Å²) in [5.41, 5.74) is -1.01. The quantitative estimate of drug-likeness (QED) is 0.642. The molecule has 2 amide bonds. The number of carbonyl (C=O) groups is 1. The molecule has 2 heterocycles. The van der Waals surface area contributed by atoms with Gasteiger partial charge in [0, 0.05) is 11.4 Å². The highest BCUT2D eigenvalue weighted by atomic mass is 32.1. The van der Waals surface area contributed by atoms with Crippen molar-refractivity contribution in [2.75, 3.05) is 32.7 Å². The van der Waals surface area contributed by atoms with Crippen molar-refractivity contribution in [2.45, 2.75) is 38.2 Å². The maximum Gasteiger partial charge on any atom is 0.314 e. The van der Waals surface area contributed by atoms with Crippen molar-refractivity contribution < 1.29 is 9.90 Å². The Balaban J connectivity index is 1.54.